The number of methoxy groups -OCH3 is 2. The van der Waals surface area contributed by atoms with E-state index in [0.717, 1.165) is 10.3 Å². The number of fused-ring (bicyclic) bond motifs is 1. The van der Waals surface area contributed by atoms with Gasteiger partial charge in [-0.1, -0.05) is 29.5 Å². The summed E-state index contributed by atoms with van der Waals surface area (Å²) in [6.07, 6.45) is 3.42. The Labute approximate surface area is 193 Å². The first-order valence-electron chi connectivity index (χ1n) is 9.94. The number of rotatable bonds is 8. The van der Waals surface area contributed by atoms with E-state index in [0.29, 0.717) is 27.7 Å². The summed E-state index contributed by atoms with van der Waals surface area (Å²) in [7, 11) is 3.14. The Hall–Kier alpha value is -4.05. The quantitative estimate of drug-likeness (QED) is 0.281. The number of pyridine rings is 1. The third kappa shape index (κ3) is 4.75. The molecule has 0 radical (unpaired) electrons. The molecule has 2 aromatic carbocycles. The summed E-state index contributed by atoms with van der Waals surface area (Å²) in [5, 5.41) is 11.4. The number of nitrogens with zero attached hydrogens (tertiary/aromatic N) is 4. The molecule has 0 aliphatic carbocycles. The highest BCUT2D eigenvalue weighted by Crippen LogP contribution is 2.40. The summed E-state index contributed by atoms with van der Waals surface area (Å²) in [6.45, 7) is 0.268. The molecule has 0 spiro atoms. The van der Waals surface area contributed by atoms with E-state index >= 15 is 0 Å². The Morgan fingerprint density at radius 1 is 1.06 bits per heavy atom. The highest BCUT2D eigenvalue weighted by Gasteiger charge is 2.23. The number of benzene rings is 2. The molecule has 0 saturated carbocycles. The average Bonchev–Trinajstić information content (AvgIpc) is 3.28. The molecule has 0 bridgehead atoms. The predicted octanol–water partition coefficient (Wildman–Crippen LogP) is 4.39. The number of thiazole rings is 1. The van der Waals surface area contributed by atoms with E-state index in [9.17, 15) is 14.9 Å². The van der Waals surface area contributed by atoms with Crippen molar-refractivity contribution >= 4 is 38.3 Å². The van der Waals surface area contributed by atoms with Gasteiger partial charge in [-0.25, -0.2) is 4.98 Å². The van der Waals surface area contributed by atoms with Crippen molar-refractivity contribution < 1.29 is 19.2 Å². The Bertz CT molecular complexity index is 1250. The smallest absolute Gasteiger partial charge is 0.269 e. The second-order valence-electron chi connectivity index (χ2n) is 7.09. The summed E-state index contributed by atoms with van der Waals surface area (Å²) in [4.78, 5) is 34.3. The number of nitro groups is 1. The fourth-order valence-electron chi connectivity index (χ4n) is 3.33. The Balaban J connectivity index is 1.72. The number of non-ortho nitro benzene ring substituents is 1. The van der Waals surface area contributed by atoms with Crippen molar-refractivity contribution in [2.75, 3.05) is 19.1 Å². The van der Waals surface area contributed by atoms with Crippen molar-refractivity contribution in [1.29, 1.82) is 0 Å². The van der Waals surface area contributed by atoms with Crippen molar-refractivity contribution in [2.45, 2.75) is 13.0 Å². The van der Waals surface area contributed by atoms with Gasteiger partial charge in [0, 0.05) is 24.5 Å². The second-order valence-corrected chi connectivity index (χ2v) is 8.06. The fraction of sp³-hybridized carbons (Fsp3) is 0.174. The normalized spacial score (nSPS) is 10.7. The average molecular weight is 465 g/mol. The van der Waals surface area contributed by atoms with Gasteiger partial charge in [0.05, 0.1) is 32.1 Å². The summed E-state index contributed by atoms with van der Waals surface area (Å²) in [6, 6.07) is 13.2. The van der Waals surface area contributed by atoms with Gasteiger partial charge in [-0.3, -0.25) is 24.8 Å². The van der Waals surface area contributed by atoms with E-state index in [1.54, 1.807) is 61.8 Å². The molecule has 9 nitrogen and oxygen atoms in total. The second kappa shape index (κ2) is 9.61. The zero-order chi connectivity index (χ0) is 23.4. The lowest BCUT2D eigenvalue weighted by Crippen LogP contribution is -2.31. The monoisotopic (exact) mass is 464 g/mol. The van der Waals surface area contributed by atoms with Crippen molar-refractivity contribution in [3.05, 3.63) is 82.2 Å². The van der Waals surface area contributed by atoms with Gasteiger partial charge >= 0.3 is 0 Å². The van der Waals surface area contributed by atoms with Crippen LogP contribution >= 0.6 is 11.3 Å². The van der Waals surface area contributed by atoms with Gasteiger partial charge in [0.15, 0.2) is 5.13 Å². The third-order valence-corrected chi connectivity index (χ3v) is 6.09. The lowest BCUT2D eigenvalue weighted by molar-refractivity contribution is -0.384. The maximum Gasteiger partial charge on any atom is 0.269 e. The van der Waals surface area contributed by atoms with Crippen LogP contribution in [0.2, 0.25) is 0 Å². The van der Waals surface area contributed by atoms with Gasteiger partial charge in [-0.05, 0) is 29.3 Å². The number of anilines is 1. The van der Waals surface area contributed by atoms with Gasteiger partial charge in [-0.2, -0.15) is 0 Å². The molecular formula is C23H20N4O5S. The van der Waals surface area contributed by atoms with Crippen LogP contribution in [0.1, 0.15) is 11.1 Å². The van der Waals surface area contributed by atoms with Gasteiger partial charge in [0.1, 0.15) is 21.7 Å². The Kier molecular flexibility index (Phi) is 6.45. The van der Waals surface area contributed by atoms with E-state index in [1.807, 2.05) is 6.07 Å². The minimum Gasteiger partial charge on any atom is -0.495 e. The number of amides is 1. The van der Waals surface area contributed by atoms with Crippen LogP contribution in [0.5, 0.6) is 11.5 Å². The molecule has 0 N–H and O–H groups in total. The minimum absolute atomic E-state index is 0.0243. The number of aromatic nitrogens is 2. The van der Waals surface area contributed by atoms with Gasteiger partial charge in [0.2, 0.25) is 5.91 Å². The summed E-state index contributed by atoms with van der Waals surface area (Å²) >= 11 is 1.33. The van der Waals surface area contributed by atoms with E-state index in [1.165, 1.54) is 23.5 Å². The molecule has 2 heterocycles. The fourth-order valence-corrected chi connectivity index (χ4v) is 4.42. The zero-order valence-corrected chi connectivity index (χ0v) is 18.7. The predicted molar refractivity (Wildman–Crippen MR) is 125 cm³/mol. The number of hydrogen-bond donors (Lipinski definition) is 0. The van der Waals surface area contributed by atoms with Crippen LogP contribution in [0.4, 0.5) is 10.8 Å². The van der Waals surface area contributed by atoms with E-state index < -0.39 is 4.92 Å². The van der Waals surface area contributed by atoms with Crippen molar-refractivity contribution in [3.63, 3.8) is 0 Å². The van der Waals surface area contributed by atoms with E-state index in [-0.39, 0.29) is 24.6 Å². The molecule has 0 atom stereocenters. The van der Waals surface area contributed by atoms with Crippen LogP contribution in [0.3, 0.4) is 0 Å². The SMILES string of the molecule is COc1ccc(OC)c2sc(N(Cc3cccnc3)C(=O)Cc3ccc([N+](=O)[O-])cc3)nc12. The first-order chi connectivity index (χ1) is 16.0. The standard InChI is InChI=1S/C23H20N4O5S/c1-31-18-9-10-19(32-2)22-21(18)25-23(33-22)26(14-16-4-3-11-24-13-16)20(28)12-15-5-7-17(8-6-15)27(29)30/h3-11,13H,12,14H2,1-2H3. The largest absolute Gasteiger partial charge is 0.495 e. The molecule has 4 aromatic rings. The summed E-state index contributed by atoms with van der Waals surface area (Å²) in [5.41, 5.74) is 2.09. The number of ether oxygens (including phenoxy) is 2. The van der Waals surface area contributed by atoms with Gasteiger partial charge < -0.3 is 9.47 Å². The molecule has 1 amide bonds. The van der Waals surface area contributed by atoms with E-state index in [2.05, 4.69) is 4.98 Å². The molecule has 0 aliphatic rings. The number of carbonyl (C=O) groups excluding carboxylic acids is 1. The summed E-state index contributed by atoms with van der Waals surface area (Å²) in [5.74, 6) is 1.01. The van der Waals surface area contributed by atoms with Crippen LogP contribution in [0, 0.1) is 10.1 Å². The Morgan fingerprint density at radius 2 is 1.79 bits per heavy atom. The first-order valence-corrected chi connectivity index (χ1v) is 10.8. The van der Waals surface area contributed by atoms with Crippen LogP contribution in [-0.2, 0) is 17.8 Å². The van der Waals surface area contributed by atoms with Crippen molar-refractivity contribution in [1.82, 2.24) is 9.97 Å². The molecule has 0 unspecified atom stereocenters. The maximum atomic E-state index is 13.4. The third-order valence-electron chi connectivity index (χ3n) is 5.00. The molecule has 0 saturated heterocycles. The van der Waals surface area contributed by atoms with Gasteiger partial charge in [-0.15, -0.1) is 0 Å². The molecule has 168 valence electrons. The minimum atomic E-state index is -0.470. The van der Waals surface area contributed by atoms with Crippen LogP contribution < -0.4 is 14.4 Å². The first kappa shape index (κ1) is 22.2. The van der Waals surface area contributed by atoms with Crippen LogP contribution in [0.15, 0.2) is 60.9 Å². The molecular weight excluding hydrogens is 444 g/mol. The molecule has 10 heteroatoms. The van der Waals surface area contributed by atoms with Gasteiger partial charge in [0.25, 0.3) is 5.69 Å². The summed E-state index contributed by atoms with van der Waals surface area (Å²) < 4.78 is 11.7. The van der Waals surface area contributed by atoms with Crippen molar-refractivity contribution in [2.24, 2.45) is 0 Å². The highest BCUT2D eigenvalue weighted by molar-refractivity contribution is 7.22. The molecule has 0 aliphatic heterocycles. The van der Waals surface area contributed by atoms with Crippen LogP contribution in [0.25, 0.3) is 10.2 Å². The molecule has 2 aromatic heterocycles. The van der Waals surface area contributed by atoms with Crippen LogP contribution in [-0.4, -0.2) is 35.0 Å². The number of hydrogen-bond acceptors (Lipinski definition) is 8. The number of nitro benzene ring substituents is 1. The maximum absolute atomic E-state index is 13.4. The highest BCUT2D eigenvalue weighted by atomic mass is 32.1. The molecule has 0 fully saturated rings. The Morgan fingerprint density at radius 3 is 2.42 bits per heavy atom. The molecule has 4 rings (SSSR count). The van der Waals surface area contributed by atoms with Crippen molar-refractivity contribution in [3.8, 4) is 11.5 Å². The van der Waals surface area contributed by atoms with E-state index in [4.69, 9.17) is 14.5 Å². The molecule has 33 heavy (non-hydrogen) atoms. The lowest BCUT2D eigenvalue weighted by atomic mass is 10.1. The topological polar surface area (TPSA) is 108 Å². The zero-order valence-electron chi connectivity index (χ0n) is 17.9. The lowest BCUT2D eigenvalue weighted by Gasteiger charge is -2.20. The number of carbonyl (C=O) groups is 1.